The number of Topliss-reactive ketones (excluding diaryl/α,β-unsaturated/α-hetero) is 1. The Kier molecular flexibility index (Phi) is 15.9. The van der Waals surface area contributed by atoms with Gasteiger partial charge in [0.2, 0.25) is 5.78 Å². The number of nitrogens with zero attached hydrogens (tertiary/aromatic N) is 3. The summed E-state index contributed by atoms with van der Waals surface area (Å²) in [6.07, 6.45) is 8.87. The highest BCUT2D eigenvalue weighted by molar-refractivity contribution is 7.85. The van der Waals surface area contributed by atoms with Crippen molar-refractivity contribution in [2.45, 2.75) is 94.4 Å². The SMILES string of the molecule is COCCOCCN1C(=CC=C2C(=O)C(C=CC3N(CCOCCOC)c4ccc(C)cc4C3(C)C)=C2O)C(C)(CCCCCC(=O)ON2C(=O)CCC2=O)c2cc(S(=O)(=O)O)ccc21. The molecule has 0 aromatic heterocycles. The van der Waals surface area contributed by atoms with Gasteiger partial charge in [-0.15, -0.1) is 5.06 Å². The number of methoxy groups -OCH3 is 2. The van der Waals surface area contributed by atoms with Gasteiger partial charge in [0, 0.05) is 74.5 Å². The molecule has 3 heterocycles. The fraction of sp³-hybridized carbons (Fsp3) is 0.500. The van der Waals surface area contributed by atoms with E-state index in [-0.39, 0.29) is 64.9 Å². The van der Waals surface area contributed by atoms with Crippen LogP contribution < -0.4 is 9.80 Å². The Labute approximate surface area is 381 Å². The van der Waals surface area contributed by atoms with E-state index in [0.29, 0.717) is 93.8 Å². The summed E-state index contributed by atoms with van der Waals surface area (Å²) in [6.45, 7) is 11.7. The van der Waals surface area contributed by atoms with E-state index in [0.717, 1.165) is 11.3 Å². The lowest BCUT2D eigenvalue weighted by molar-refractivity contribution is -0.197. The van der Waals surface area contributed by atoms with Crippen LogP contribution in [0, 0.1) is 6.92 Å². The van der Waals surface area contributed by atoms with E-state index in [1.54, 1.807) is 38.5 Å². The number of benzene rings is 2. The zero-order valence-corrected chi connectivity index (χ0v) is 38.9. The quantitative estimate of drug-likeness (QED) is 0.0558. The summed E-state index contributed by atoms with van der Waals surface area (Å²) in [7, 11) is -1.38. The fourth-order valence-electron chi connectivity index (χ4n) is 9.05. The summed E-state index contributed by atoms with van der Waals surface area (Å²) < 4.78 is 56.9. The Balaban J connectivity index is 1.27. The number of unbranched alkanes of at least 4 members (excludes halogenated alkanes) is 2. The number of aliphatic hydroxyl groups excluding tert-OH is 1. The zero-order valence-electron chi connectivity index (χ0n) is 38.1. The number of hydrogen-bond acceptors (Lipinski definition) is 14. The molecule has 2 unspecified atom stereocenters. The molecule has 3 aliphatic heterocycles. The maximum Gasteiger partial charge on any atom is 0.333 e. The fourth-order valence-corrected chi connectivity index (χ4v) is 9.56. The number of aryl methyl sites for hydroxylation is 1. The van der Waals surface area contributed by atoms with Crippen molar-refractivity contribution in [1.29, 1.82) is 0 Å². The van der Waals surface area contributed by atoms with Crippen LogP contribution in [0.15, 0.2) is 88.2 Å². The summed E-state index contributed by atoms with van der Waals surface area (Å²) in [5, 5.41) is 12.0. The van der Waals surface area contributed by atoms with Gasteiger partial charge >= 0.3 is 5.97 Å². The summed E-state index contributed by atoms with van der Waals surface area (Å²) in [6, 6.07) is 10.6. The topological polar surface area (TPSA) is 199 Å². The highest BCUT2D eigenvalue weighted by Gasteiger charge is 2.45. The summed E-state index contributed by atoms with van der Waals surface area (Å²) in [4.78, 5) is 59.2. The Morgan fingerprint density at radius 2 is 1.49 bits per heavy atom. The second kappa shape index (κ2) is 21.0. The number of rotatable bonds is 23. The molecule has 1 saturated heterocycles. The first-order valence-electron chi connectivity index (χ1n) is 22.0. The molecule has 17 heteroatoms. The number of ether oxygens (including phenoxy) is 4. The van der Waals surface area contributed by atoms with Crippen molar-refractivity contribution in [2.24, 2.45) is 0 Å². The molecular formula is C48H61N3O13S. The minimum absolute atomic E-state index is 0.00312. The van der Waals surface area contributed by atoms with Crippen LogP contribution in [0.3, 0.4) is 0 Å². The van der Waals surface area contributed by atoms with E-state index in [1.165, 1.54) is 17.7 Å². The summed E-state index contributed by atoms with van der Waals surface area (Å²) in [5.74, 6) is -2.29. The van der Waals surface area contributed by atoms with Crippen LogP contribution in [0.4, 0.5) is 11.4 Å². The van der Waals surface area contributed by atoms with Crippen molar-refractivity contribution in [2.75, 3.05) is 76.8 Å². The van der Waals surface area contributed by atoms with Crippen LogP contribution in [-0.4, -0.2) is 120 Å². The van der Waals surface area contributed by atoms with E-state index in [1.807, 2.05) is 17.9 Å². The molecule has 16 nitrogen and oxygen atoms in total. The third-order valence-electron chi connectivity index (χ3n) is 12.6. The molecule has 0 spiro atoms. The maximum absolute atomic E-state index is 13.9. The third-order valence-corrected chi connectivity index (χ3v) is 13.5. The standard InChI is InChI=1S/C48H61N3O13S/c1-32-11-15-38-36(30-32)47(2,3)40(49(38)22-24-62-28-26-60-5)17-13-34-45(55)35(46(34)56)14-18-41-48(4,21-9-7-8-10-44(54)64-51-42(52)19-20-43(51)53)37-31-33(65(57,58)59)12-16-39(37)50(41)23-25-63-29-27-61-6/h11-18,30-31,40,55H,7-10,19-29H2,1-6H3,(H,57,58,59). The average molecular weight is 920 g/mol. The normalized spacial score (nSPS) is 21.7. The van der Waals surface area contributed by atoms with Crippen molar-refractivity contribution in [3.8, 4) is 0 Å². The molecule has 2 atom stereocenters. The van der Waals surface area contributed by atoms with Gasteiger partial charge in [-0.2, -0.15) is 8.42 Å². The number of aliphatic hydroxyl groups is 1. The summed E-state index contributed by atoms with van der Waals surface area (Å²) >= 11 is 0. The van der Waals surface area contributed by atoms with Gasteiger partial charge in [-0.25, -0.2) is 4.79 Å². The average Bonchev–Trinajstić information content (AvgIpc) is 3.78. The molecule has 6 rings (SSSR count). The second-order valence-corrected chi connectivity index (χ2v) is 18.8. The second-order valence-electron chi connectivity index (χ2n) is 17.4. The highest BCUT2D eigenvalue weighted by atomic mass is 32.2. The van der Waals surface area contributed by atoms with Crippen molar-refractivity contribution < 1.29 is 61.0 Å². The van der Waals surface area contributed by atoms with E-state index >= 15 is 0 Å². The van der Waals surface area contributed by atoms with Crippen LogP contribution >= 0.6 is 0 Å². The van der Waals surface area contributed by atoms with Gasteiger partial charge < -0.3 is 38.7 Å². The maximum atomic E-state index is 13.9. The monoisotopic (exact) mass is 919 g/mol. The number of allylic oxidation sites excluding steroid dienone is 6. The van der Waals surface area contributed by atoms with E-state index in [2.05, 4.69) is 43.9 Å². The molecule has 0 radical (unpaired) electrons. The first kappa shape index (κ1) is 49.3. The van der Waals surface area contributed by atoms with Gasteiger partial charge in [-0.1, -0.05) is 50.5 Å². The van der Waals surface area contributed by atoms with Gasteiger partial charge in [-0.3, -0.25) is 18.9 Å². The van der Waals surface area contributed by atoms with Gasteiger partial charge in [0.1, 0.15) is 5.76 Å². The molecule has 0 saturated carbocycles. The molecule has 4 aliphatic rings. The number of amides is 2. The van der Waals surface area contributed by atoms with Crippen molar-refractivity contribution in [1.82, 2.24) is 5.06 Å². The number of ketones is 1. The first-order chi connectivity index (χ1) is 30.9. The van der Waals surface area contributed by atoms with E-state index in [4.69, 9.17) is 23.8 Å². The largest absolute Gasteiger partial charge is 0.506 e. The Hall–Kier alpha value is -5.17. The molecule has 2 amide bonds. The smallest absolute Gasteiger partial charge is 0.333 e. The minimum Gasteiger partial charge on any atom is -0.506 e. The zero-order chi connectivity index (χ0) is 47.1. The van der Waals surface area contributed by atoms with Gasteiger partial charge in [-0.05, 0) is 80.3 Å². The van der Waals surface area contributed by atoms with E-state index < -0.39 is 33.3 Å². The van der Waals surface area contributed by atoms with E-state index in [9.17, 15) is 37.3 Å². The highest BCUT2D eigenvalue weighted by Crippen LogP contribution is 2.52. The number of imide groups is 1. The number of carbonyl (C=O) groups excluding carboxylic acids is 4. The number of hydroxylamine groups is 2. The molecular weight excluding hydrogens is 859 g/mol. The predicted octanol–water partition coefficient (Wildman–Crippen LogP) is 6.13. The Morgan fingerprint density at radius 3 is 2.14 bits per heavy atom. The Bertz CT molecular complexity index is 2370. The van der Waals surface area contributed by atoms with Crippen LogP contribution in [0.25, 0.3) is 0 Å². The molecule has 1 fully saturated rings. The number of carbonyl (C=O) groups is 4. The van der Waals surface area contributed by atoms with Crippen molar-refractivity contribution in [3.05, 3.63) is 100.0 Å². The van der Waals surface area contributed by atoms with Crippen LogP contribution in [0.2, 0.25) is 0 Å². The molecule has 1 aliphatic carbocycles. The molecule has 2 aromatic rings. The predicted molar refractivity (Wildman–Crippen MR) is 242 cm³/mol. The van der Waals surface area contributed by atoms with Gasteiger partial charge in [0.15, 0.2) is 0 Å². The van der Waals surface area contributed by atoms with Gasteiger partial charge in [0.05, 0.1) is 61.7 Å². The summed E-state index contributed by atoms with van der Waals surface area (Å²) in [5.41, 5.74) is 4.49. The number of fused-ring (bicyclic) bond motifs is 2. The molecule has 2 N–H and O–H groups in total. The minimum atomic E-state index is -4.58. The number of hydrogen-bond donors (Lipinski definition) is 2. The number of anilines is 2. The van der Waals surface area contributed by atoms with Crippen molar-refractivity contribution >= 4 is 45.1 Å². The van der Waals surface area contributed by atoms with Crippen LogP contribution in [0.5, 0.6) is 0 Å². The lowest BCUT2D eigenvalue weighted by Gasteiger charge is -2.33. The van der Waals surface area contributed by atoms with Crippen LogP contribution in [-0.2, 0) is 63.9 Å². The molecule has 0 bridgehead atoms. The lowest BCUT2D eigenvalue weighted by Crippen LogP contribution is -2.41. The molecule has 352 valence electrons. The lowest BCUT2D eigenvalue weighted by atomic mass is 9.76. The van der Waals surface area contributed by atoms with Gasteiger partial charge in [0.25, 0.3) is 21.9 Å². The first-order valence-corrected chi connectivity index (χ1v) is 23.4. The molecule has 2 aromatic carbocycles. The van der Waals surface area contributed by atoms with Crippen LogP contribution in [0.1, 0.15) is 82.4 Å². The molecule has 65 heavy (non-hydrogen) atoms. The van der Waals surface area contributed by atoms with Crippen molar-refractivity contribution in [3.63, 3.8) is 0 Å². The Morgan fingerprint density at radius 1 is 0.831 bits per heavy atom. The third kappa shape index (κ3) is 10.8.